The van der Waals surface area contributed by atoms with Crippen LogP contribution in [-0.4, -0.2) is 12.0 Å². The number of benzene rings is 1. The second-order valence-electron chi connectivity index (χ2n) is 5.33. The lowest BCUT2D eigenvalue weighted by Crippen LogP contribution is -2.28. The largest absolute Gasteiger partial charge is 0.312 e. The highest BCUT2D eigenvalue weighted by atomic mass is 19.1. The Hall–Kier alpha value is -1.74. The van der Waals surface area contributed by atoms with Crippen molar-refractivity contribution >= 4 is 0 Å². The summed E-state index contributed by atoms with van der Waals surface area (Å²) in [7, 11) is 1.90. The van der Waals surface area contributed by atoms with E-state index in [2.05, 4.69) is 16.4 Å². The van der Waals surface area contributed by atoms with Crippen LogP contribution in [0.5, 0.6) is 0 Å². The summed E-state index contributed by atoms with van der Waals surface area (Å²) in [5.74, 6) is 0.0942. The highest BCUT2D eigenvalue weighted by Crippen LogP contribution is 2.39. The van der Waals surface area contributed by atoms with Gasteiger partial charge in [0.2, 0.25) is 0 Å². The first-order valence-corrected chi connectivity index (χ1v) is 7.16. The Morgan fingerprint density at radius 2 is 2.10 bits per heavy atom. The molecule has 104 valence electrons. The minimum Gasteiger partial charge on any atom is -0.312 e. The van der Waals surface area contributed by atoms with Crippen LogP contribution in [-0.2, 0) is 6.42 Å². The molecule has 0 amide bonds. The summed E-state index contributed by atoms with van der Waals surface area (Å²) in [5.41, 5.74) is 3.17. The maximum Gasteiger partial charge on any atom is 0.128 e. The van der Waals surface area contributed by atoms with Crippen LogP contribution in [0.1, 0.15) is 41.6 Å². The van der Waals surface area contributed by atoms with Crippen LogP contribution in [0.2, 0.25) is 0 Å². The summed E-state index contributed by atoms with van der Waals surface area (Å²) in [6, 6.07) is 11.1. The van der Waals surface area contributed by atoms with Gasteiger partial charge in [-0.15, -0.1) is 0 Å². The molecule has 2 atom stereocenters. The van der Waals surface area contributed by atoms with Crippen molar-refractivity contribution in [2.45, 2.75) is 31.2 Å². The maximum atomic E-state index is 14.1. The average molecular weight is 270 g/mol. The summed E-state index contributed by atoms with van der Waals surface area (Å²) in [6.07, 6.45) is 5.10. The topological polar surface area (TPSA) is 24.9 Å². The van der Waals surface area contributed by atoms with Gasteiger partial charge in [-0.1, -0.05) is 24.3 Å². The monoisotopic (exact) mass is 270 g/mol. The molecule has 1 heterocycles. The second-order valence-corrected chi connectivity index (χ2v) is 5.33. The zero-order valence-electron chi connectivity index (χ0n) is 11.6. The highest BCUT2D eigenvalue weighted by molar-refractivity contribution is 5.32. The SMILES string of the molecule is CNC(c1ccccc1F)C1CCCc2cccnc21. The van der Waals surface area contributed by atoms with Crippen LogP contribution < -0.4 is 5.32 Å². The molecule has 3 heteroatoms. The van der Waals surface area contributed by atoms with E-state index in [1.807, 2.05) is 31.4 Å². The van der Waals surface area contributed by atoms with E-state index in [-0.39, 0.29) is 17.8 Å². The van der Waals surface area contributed by atoms with E-state index in [1.165, 1.54) is 11.6 Å². The normalized spacial score (nSPS) is 19.4. The maximum absolute atomic E-state index is 14.1. The molecule has 1 N–H and O–H groups in total. The molecular weight excluding hydrogens is 251 g/mol. The number of aromatic nitrogens is 1. The molecule has 0 bridgehead atoms. The van der Waals surface area contributed by atoms with Crippen molar-refractivity contribution in [2.75, 3.05) is 7.05 Å². The minimum atomic E-state index is -0.144. The molecule has 2 aromatic rings. The summed E-state index contributed by atoms with van der Waals surface area (Å²) >= 11 is 0. The zero-order valence-corrected chi connectivity index (χ0v) is 11.6. The predicted octanol–water partition coefficient (Wildman–Crippen LogP) is 3.60. The van der Waals surface area contributed by atoms with Crippen molar-refractivity contribution < 1.29 is 4.39 Å². The van der Waals surface area contributed by atoms with Gasteiger partial charge in [0.1, 0.15) is 5.82 Å². The van der Waals surface area contributed by atoms with Gasteiger partial charge < -0.3 is 5.32 Å². The zero-order chi connectivity index (χ0) is 13.9. The molecule has 2 nitrogen and oxygen atoms in total. The van der Waals surface area contributed by atoms with E-state index in [0.717, 1.165) is 30.5 Å². The van der Waals surface area contributed by atoms with E-state index in [4.69, 9.17) is 0 Å². The van der Waals surface area contributed by atoms with E-state index in [9.17, 15) is 4.39 Å². The number of pyridine rings is 1. The average Bonchev–Trinajstić information content (AvgIpc) is 2.50. The van der Waals surface area contributed by atoms with Gasteiger partial charge in [-0.25, -0.2) is 4.39 Å². The fourth-order valence-corrected chi connectivity index (χ4v) is 3.27. The van der Waals surface area contributed by atoms with E-state index in [1.54, 1.807) is 6.07 Å². The number of halogens is 1. The smallest absolute Gasteiger partial charge is 0.128 e. The molecule has 2 unspecified atom stereocenters. The Labute approximate surface area is 119 Å². The molecule has 0 saturated carbocycles. The van der Waals surface area contributed by atoms with Gasteiger partial charge in [0.05, 0.1) is 0 Å². The standard InChI is InChI=1S/C17H19FN2/c1-19-17(13-8-2-3-10-15(13)18)14-9-4-6-12-7-5-11-20-16(12)14/h2-3,5,7-8,10-11,14,17,19H,4,6,9H2,1H3. The Balaban J connectivity index is 2.01. The lowest BCUT2D eigenvalue weighted by atomic mass is 9.79. The molecule has 1 aromatic heterocycles. The molecule has 20 heavy (non-hydrogen) atoms. The Morgan fingerprint density at radius 3 is 2.90 bits per heavy atom. The van der Waals surface area contributed by atoms with E-state index >= 15 is 0 Å². The van der Waals surface area contributed by atoms with Crippen LogP contribution in [0.3, 0.4) is 0 Å². The van der Waals surface area contributed by atoms with Gasteiger partial charge in [-0.2, -0.15) is 0 Å². The lowest BCUT2D eigenvalue weighted by Gasteiger charge is -2.31. The molecule has 0 saturated heterocycles. The molecule has 0 radical (unpaired) electrons. The second kappa shape index (κ2) is 5.71. The fourth-order valence-electron chi connectivity index (χ4n) is 3.27. The predicted molar refractivity (Wildman–Crippen MR) is 78.1 cm³/mol. The van der Waals surface area contributed by atoms with Crippen molar-refractivity contribution in [1.29, 1.82) is 0 Å². The van der Waals surface area contributed by atoms with Crippen molar-refractivity contribution in [3.8, 4) is 0 Å². The Bertz CT molecular complexity index is 597. The third-order valence-corrected chi connectivity index (χ3v) is 4.19. The first kappa shape index (κ1) is 13.3. The van der Waals surface area contributed by atoms with Crippen LogP contribution in [0, 0.1) is 5.82 Å². The van der Waals surface area contributed by atoms with Crippen molar-refractivity contribution in [3.63, 3.8) is 0 Å². The van der Waals surface area contributed by atoms with E-state index in [0.29, 0.717) is 0 Å². The molecule has 3 rings (SSSR count). The first-order chi connectivity index (χ1) is 9.81. The molecule has 0 fully saturated rings. The van der Waals surface area contributed by atoms with Gasteiger partial charge in [-0.3, -0.25) is 4.98 Å². The third-order valence-electron chi connectivity index (χ3n) is 4.19. The number of aryl methyl sites for hydroxylation is 1. The number of nitrogens with zero attached hydrogens (tertiary/aromatic N) is 1. The molecule has 1 aromatic carbocycles. The number of fused-ring (bicyclic) bond motifs is 1. The van der Waals surface area contributed by atoms with Crippen LogP contribution in [0.15, 0.2) is 42.6 Å². The van der Waals surface area contributed by atoms with Gasteiger partial charge in [0.25, 0.3) is 0 Å². The quantitative estimate of drug-likeness (QED) is 0.921. The Kier molecular flexibility index (Phi) is 3.79. The van der Waals surface area contributed by atoms with Crippen LogP contribution >= 0.6 is 0 Å². The van der Waals surface area contributed by atoms with E-state index < -0.39 is 0 Å². The van der Waals surface area contributed by atoms with Crippen molar-refractivity contribution in [2.24, 2.45) is 0 Å². The number of hydrogen-bond donors (Lipinski definition) is 1. The molecule has 1 aliphatic carbocycles. The minimum absolute atomic E-state index is 0.0230. The Morgan fingerprint density at radius 1 is 1.25 bits per heavy atom. The van der Waals surface area contributed by atoms with Gasteiger partial charge in [0.15, 0.2) is 0 Å². The highest BCUT2D eigenvalue weighted by Gasteiger charge is 2.30. The van der Waals surface area contributed by atoms with Gasteiger partial charge >= 0.3 is 0 Å². The molecular formula is C17H19FN2. The first-order valence-electron chi connectivity index (χ1n) is 7.16. The van der Waals surface area contributed by atoms with Crippen molar-refractivity contribution in [1.82, 2.24) is 10.3 Å². The lowest BCUT2D eigenvalue weighted by molar-refractivity contribution is 0.403. The summed E-state index contributed by atoms with van der Waals surface area (Å²) in [5, 5.41) is 3.29. The molecule has 1 aliphatic rings. The number of likely N-dealkylation sites (N-methyl/N-ethyl adjacent to an activating group) is 1. The molecule has 0 aliphatic heterocycles. The summed E-state index contributed by atoms with van der Waals surface area (Å²) in [4.78, 5) is 4.56. The summed E-state index contributed by atoms with van der Waals surface area (Å²) in [6.45, 7) is 0. The third kappa shape index (κ3) is 2.34. The van der Waals surface area contributed by atoms with Crippen LogP contribution in [0.4, 0.5) is 4.39 Å². The van der Waals surface area contributed by atoms with Crippen LogP contribution in [0.25, 0.3) is 0 Å². The van der Waals surface area contributed by atoms with Crippen molar-refractivity contribution in [3.05, 3.63) is 65.2 Å². The number of hydrogen-bond acceptors (Lipinski definition) is 2. The van der Waals surface area contributed by atoms with Gasteiger partial charge in [-0.05, 0) is 44.0 Å². The summed E-state index contributed by atoms with van der Waals surface area (Å²) < 4.78 is 14.1. The fraction of sp³-hybridized carbons (Fsp3) is 0.353. The number of rotatable bonds is 3. The number of nitrogens with one attached hydrogen (secondary N) is 1. The van der Waals surface area contributed by atoms with Gasteiger partial charge in [0, 0.05) is 29.4 Å². The molecule has 0 spiro atoms.